The summed E-state index contributed by atoms with van der Waals surface area (Å²) < 4.78 is 13.4. The molecule has 2 N–H and O–H groups in total. The molecule has 0 saturated carbocycles. The third-order valence-corrected chi connectivity index (χ3v) is 3.84. The van der Waals surface area contributed by atoms with Crippen LogP contribution in [-0.2, 0) is 0 Å². The average molecular weight is 235 g/mol. The second kappa shape index (κ2) is 4.36. The summed E-state index contributed by atoms with van der Waals surface area (Å²) in [5, 5.41) is 2.01. The van der Waals surface area contributed by atoms with Crippen LogP contribution in [0.25, 0.3) is 0 Å². The highest BCUT2D eigenvalue weighted by atomic mass is 32.1. The maximum absolute atomic E-state index is 13.4. The van der Waals surface area contributed by atoms with Crippen LogP contribution in [0.1, 0.15) is 27.6 Å². The Labute approximate surface area is 98.7 Å². The number of nitrogens with two attached hydrogens (primary N) is 1. The van der Waals surface area contributed by atoms with Crippen LogP contribution >= 0.6 is 11.3 Å². The van der Waals surface area contributed by atoms with Crippen molar-refractivity contribution in [1.29, 1.82) is 0 Å². The van der Waals surface area contributed by atoms with Gasteiger partial charge in [-0.1, -0.05) is 12.1 Å². The summed E-state index contributed by atoms with van der Waals surface area (Å²) in [6.07, 6.45) is 0. The van der Waals surface area contributed by atoms with Crippen molar-refractivity contribution < 1.29 is 4.39 Å². The molecule has 0 bridgehead atoms. The highest BCUT2D eigenvalue weighted by Gasteiger charge is 2.13. The van der Waals surface area contributed by atoms with Gasteiger partial charge in [-0.15, -0.1) is 11.3 Å². The molecule has 1 aromatic carbocycles. The minimum absolute atomic E-state index is 0.192. The number of thiophene rings is 1. The Kier molecular flexibility index (Phi) is 3.08. The predicted molar refractivity (Wildman–Crippen MR) is 66.2 cm³/mol. The summed E-state index contributed by atoms with van der Waals surface area (Å²) >= 11 is 1.62. The molecule has 3 heteroatoms. The minimum atomic E-state index is -0.227. The summed E-state index contributed by atoms with van der Waals surface area (Å²) in [5.74, 6) is -0.192. The molecular formula is C13H14FNS. The van der Waals surface area contributed by atoms with E-state index >= 15 is 0 Å². The zero-order chi connectivity index (χ0) is 11.7. The summed E-state index contributed by atoms with van der Waals surface area (Å²) in [5.41, 5.74) is 8.77. The first kappa shape index (κ1) is 11.3. The number of hydrogen-bond donors (Lipinski definition) is 1. The first-order chi connectivity index (χ1) is 7.59. The first-order valence-electron chi connectivity index (χ1n) is 5.15. The predicted octanol–water partition coefficient (Wildman–Crippen LogP) is 3.55. The van der Waals surface area contributed by atoms with E-state index in [9.17, 15) is 4.39 Å². The second-order valence-corrected chi connectivity index (χ2v) is 4.90. The molecular weight excluding hydrogens is 221 g/mol. The fraction of sp³-hybridized carbons (Fsp3) is 0.231. The lowest BCUT2D eigenvalue weighted by Crippen LogP contribution is -2.11. The van der Waals surface area contributed by atoms with Crippen LogP contribution in [0.2, 0.25) is 0 Å². The average Bonchev–Trinajstić information content (AvgIpc) is 2.67. The molecule has 1 heterocycles. The zero-order valence-electron chi connectivity index (χ0n) is 9.33. The Morgan fingerprint density at radius 1 is 1.19 bits per heavy atom. The van der Waals surface area contributed by atoms with Gasteiger partial charge in [-0.2, -0.15) is 0 Å². The molecule has 0 spiro atoms. The third kappa shape index (κ3) is 2.01. The minimum Gasteiger partial charge on any atom is -0.320 e. The number of benzene rings is 1. The monoisotopic (exact) mass is 235 g/mol. The van der Waals surface area contributed by atoms with E-state index in [4.69, 9.17) is 5.73 Å². The molecule has 0 aliphatic rings. The van der Waals surface area contributed by atoms with Crippen LogP contribution in [0.15, 0.2) is 29.6 Å². The molecule has 0 aliphatic carbocycles. The van der Waals surface area contributed by atoms with Gasteiger partial charge in [0.25, 0.3) is 0 Å². The SMILES string of the molecule is Cc1ccc(C(N)c2sccc2C)cc1F. The first-order valence-corrected chi connectivity index (χ1v) is 6.03. The van der Waals surface area contributed by atoms with E-state index in [-0.39, 0.29) is 11.9 Å². The molecule has 1 nitrogen and oxygen atoms in total. The highest BCUT2D eigenvalue weighted by Crippen LogP contribution is 2.28. The summed E-state index contributed by atoms with van der Waals surface area (Å²) in [6, 6.07) is 6.99. The molecule has 1 unspecified atom stereocenters. The Morgan fingerprint density at radius 2 is 1.94 bits per heavy atom. The molecule has 84 valence electrons. The van der Waals surface area contributed by atoms with Crippen LogP contribution in [-0.4, -0.2) is 0 Å². The Bertz CT molecular complexity index is 504. The standard InChI is InChI=1S/C13H14FNS/c1-8-3-4-10(7-11(8)14)12(15)13-9(2)5-6-16-13/h3-7,12H,15H2,1-2H3. The van der Waals surface area contributed by atoms with Crippen LogP contribution in [0.3, 0.4) is 0 Å². The van der Waals surface area contributed by atoms with Crippen LogP contribution < -0.4 is 5.73 Å². The van der Waals surface area contributed by atoms with E-state index in [0.717, 1.165) is 10.4 Å². The lowest BCUT2D eigenvalue weighted by atomic mass is 10.0. The summed E-state index contributed by atoms with van der Waals surface area (Å²) in [6.45, 7) is 3.78. The summed E-state index contributed by atoms with van der Waals surface area (Å²) in [7, 11) is 0. The van der Waals surface area contributed by atoms with E-state index in [1.807, 2.05) is 24.4 Å². The van der Waals surface area contributed by atoms with Crippen molar-refractivity contribution in [2.45, 2.75) is 19.9 Å². The van der Waals surface area contributed by atoms with E-state index in [0.29, 0.717) is 5.56 Å². The Hall–Kier alpha value is -1.19. The second-order valence-electron chi connectivity index (χ2n) is 3.95. The fourth-order valence-corrected chi connectivity index (χ4v) is 2.61. The lowest BCUT2D eigenvalue weighted by Gasteiger charge is -2.12. The van der Waals surface area contributed by atoms with Crippen LogP contribution in [0.4, 0.5) is 4.39 Å². The molecule has 0 saturated heterocycles. The molecule has 1 aromatic heterocycles. The fourth-order valence-electron chi connectivity index (χ4n) is 1.66. The Balaban J connectivity index is 2.38. The smallest absolute Gasteiger partial charge is 0.126 e. The van der Waals surface area contributed by atoms with Gasteiger partial charge in [-0.3, -0.25) is 0 Å². The third-order valence-electron chi connectivity index (χ3n) is 2.74. The molecule has 0 amide bonds. The van der Waals surface area contributed by atoms with Gasteiger partial charge in [0, 0.05) is 4.88 Å². The van der Waals surface area contributed by atoms with Gasteiger partial charge in [0.2, 0.25) is 0 Å². The maximum atomic E-state index is 13.4. The zero-order valence-corrected chi connectivity index (χ0v) is 10.1. The van der Waals surface area contributed by atoms with Crippen molar-refractivity contribution in [2.24, 2.45) is 5.73 Å². The normalized spacial score (nSPS) is 12.8. The van der Waals surface area contributed by atoms with Gasteiger partial charge in [0.15, 0.2) is 0 Å². The topological polar surface area (TPSA) is 26.0 Å². The van der Waals surface area contributed by atoms with Crippen molar-refractivity contribution in [3.8, 4) is 0 Å². The number of hydrogen-bond acceptors (Lipinski definition) is 2. The Morgan fingerprint density at radius 3 is 2.50 bits per heavy atom. The van der Waals surface area contributed by atoms with Crippen molar-refractivity contribution in [3.63, 3.8) is 0 Å². The molecule has 0 radical (unpaired) electrons. The van der Waals surface area contributed by atoms with Crippen LogP contribution in [0, 0.1) is 19.7 Å². The van der Waals surface area contributed by atoms with Crippen LogP contribution in [0.5, 0.6) is 0 Å². The molecule has 1 atom stereocenters. The van der Waals surface area contributed by atoms with Gasteiger partial charge < -0.3 is 5.73 Å². The molecule has 0 fully saturated rings. The largest absolute Gasteiger partial charge is 0.320 e. The van der Waals surface area contributed by atoms with Gasteiger partial charge in [0.1, 0.15) is 5.82 Å². The van der Waals surface area contributed by atoms with Crippen molar-refractivity contribution in [1.82, 2.24) is 0 Å². The molecule has 2 aromatic rings. The number of halogens is 1. The van der Waals surface area contributed by atoms with E-state index in [1.165, 1.54) is 11.6 Å². The van der Waals surface area contributed by atoms with Gasteiger partial charge >= 0.3 is 0 Å². The van der Waals surface area contributed by atoms with Crippen molar-refractivity contribution in [3.05, 3.63) is 57.0 Å². The lowest BCUT2D eigenvalue weighted by molar-refractivity contribution is 0.614. The molecule has 2 rings (SSSR count). The molecule has 0 aliphatic heterocycles. The molecule has 16 heavy (non-hydrogen) atoms. The van der Waals surface area contributed by atoms with E-state index in [1.54, 1.807) is 24.3 Å². The number of aryl methyl sites for hydroxylation is 2. The summed E-state index contributed by atoms with van der Waals surface area (Å²) in [4.78, 5) is 1.10. The van der Waals surface area contributed by atoms with Gasteiger partial charge in [0.05, 0.1) is 6.04 Å². The highest BCUT2D eigenvalue weighted by molar-refractivity contribution is 7.10. The maximum Gasteiger partial charge on any atom is 0.126 e. The van der Waals surface area contributed by atoms with Crippen molar-refractivity contribution in [2.75, 3.05) is 0 Å². The van der Waals surface area contributed by atoms with E-state index in [2.05, 4.69) is 0 Å². The van der Waals surface area contributed by atoms with Gasteiger partial charge in [-0.25, -0.2) is 4.39 Å². The van der Waals surface area contributed by atoms with E-state index < -0.39 is 0 Å². The number of rotatable bonds is 2. The van der Waals surface area contributed by atoms with Crippen molar-refractivity contribution >= 4 is 11.3 Å². The van der Waals surface area contributed by atoms with Gasteiger partial charge in [-0.05, 0) is 48.1 Å². The quantitative estimate of drug-likeness (QED) is 0.846.